The van der Waals surface area contributed by atoms with Gasteiger partial charge < -0.3 is 9.32 Å². The van der Waals surface area contributed by atoms with Gasteiger partial charge in [-0.1, -0.05) is 188 Å². The van der Waals surface area contributed by atoms with Crippen LogP contribution in [0.2, 0.25) is 0 Å². The first-order chi connectivity index (χ1) is 30.2. The molecule has 0 fully saturated rings. The van der Waals surface area contributed by atoms with Crippen LogP contribution in [0.4, 0.5) is 17.1 Å². The van der Waals surface area contributed by atoms with Crippen LogP contribution >= 0.6 is 0 Å². The van der Waals surface area contributed by atoms with Crippen LogP contribution in [0.1, 0.15) is 5.56 Å². The number of para-hydroxylation sites is 1. The highest BCUT2D eigenvalue weighted by Crippen LogP contribution is 2.44. The van der Waals surface area contributed by atoms with Crippen LogP contribution in [-0.2, 0) is 0 Å². The normalized spacial score (nSPS) is 11.4. The summed E-state index contributed by atoms with van der Waals surface area (Å²) < 4.78 is 6.37. The highest BCUT2D eigenvalue weighted by atomic mass is 16.3. The van der Waals surface area contributed by atoms with Gasteiger partial charge in [-0.15, -0.1) is 0 Å². The lowest BCUT2D eigenvalue weighted by molar-refractivity contribution is 0.629. The fourth-order valence-corrected chi connectivity index (χ4v) is 9.09. The summed E-state index contributed by atoms with van der Waals surface area (Å²) in [5.74, 6) is 0.917. The fraction of sp³-hybridized carbons (Fsp3) is 0.0169. The van der Waals surface area contributed by atoms with E-state index in [9.17, 15) is 0 Å². The van der Waals surface area contributed by atoms with Crippen molar-refractivity contribution in [3.8, 4) is 55.8 Å². The van der Waals surface area contributed by atoms with Crippen LogP contribution in [0.15, 0.2) is 235 Å². The van der Waals surface area contributed by atoms with Crippen LogP contribution in [0.5, 0.6) is 0 Å². The predicted molar refractivity (Wildman–Crippen MR) is 258 cm³/mol. The summed E-state index contributed by atoms with van der Waals surface area (Å²) in [4.78, 5) is 2.41. The van der Waals surface area contributed by atoms with Gasteiger partial charge in [-0.25, -0.2) is 0 Å². The molecule has 2 heteroatoms. The first kappa shape index (κ1) is 36.2. The number of furan rings is 1. The molecule has 0 aliphatic heterocycles. The van der Waals surface area contributed by atoms with E-state index >= 15 is 0 Å². The van der Waals surface area contributed by atoms with Gasteiger partial charge in [-0.3, -0.25) is 0 Å². The molecule has 10 aromatic carbocycles. The molecule has 0 unspecified atom stereocenters. The second kappa shape index (κ2) is 15.3. The molecule has 0 radical (unpaired) electrons. The van der Waals surface area contributed by atoms with Crippen molar-refractivity contribution in [3.05, 3.63) is 236 Å². The van der Waals surface area contributed by atoms with Crippen LogP contribution in [-0.4, -0.2) is 0 Å². The monoisotopic (exact) mass is 779 g/mol. The number of fused-ring (bicyclic) bond motifs is 4. The largest absolute Gasteiger partial charge is 0.456 e. The first-order valence-corrected chi connectivity index (χ1v) is 20.9. The van der Waals surface area contributed by atoms with Crippen molar-refractivity contribution in [3.63, 3.8) is 0 Å². The van der Waals surface area contributed by atoms with Gasteiger partial charge in [0.1, 0.15) is 11.3 Å². The molecule has 1 aromatic heterocycles. The highest BCUT2D eigenvalue weighted by Gasteiger charge is 2.19. The van der Waals surface area contributed by atoms with E-state index in [-0.39, 0.29) is 0 Å². The van der Waals surface area contributed by atoms with E-state index in [1.165, 1.54) is 54.9 Å². The molecule has 0 bridgehead atoms. The van der Waals surface area contributed by atoms with Crippen molar-refractivity contribution >= 4 is 49.6 Å². The Morgan fingerprint density at radius 2 is 0.820 bits per heavy atom. The molecule has 11 aromatic rings. The summed E-state index contributed by atoms with van der Waals surface area (Å²) in [6.45, 7) is 2.14. The average molecular weight is 780 g/mol. The second-order valence-corrected chi connectivity index (χ2v) is 15.7. The van der Waals surface area contributed by atoms with Crippen LogP contribution < -0.4 is 4.90 Å². The van der Waals surface area contributed by atoms with Gasteiger partial charge in [0.2, 0.25) is 0 Å². The Bertz CT molecular complexity index is 3360. The Balaban J connectivity index is 1.02. The summed E-state index contributed by atoms with van der Waals surface area (Å²) in [6.07, 6.45) is 0. The summed E-state index contributed by atoms with van der Waals surface area (Å²) in [6, 6.07) is 83.0. The maximum absolute atomic E-state index is 6.37. The third-order valence-electron chi connectivity index (χ3n) is 12.1. The molecular weight excluding hydrogens is 739 g/mol. The number of anilines is 3. The molecule has 0 saturated heterocycles. The minimum Gasteiger partial charge on any atom is -0.456 e. The Hall–Kier alpha value is -7.94. The van der Waals surface area contributed by atoms with E-state index in [0.717, 1.165) is 56.0 Å². The zero-order valence-electron chi connectivity index (χ0n) is 33.8. The molecule has 0 aliphatic rings. The van der Waals surface area contributed by atoms with E-state index in [1.54, 1.807) is 0 Å². The molecule has 0 atom stereocenters. The topological polar surface area (TPSA) is 16.4 Å². The van der Waals surface area contributed by atoms with Crippen LogP contribution in [0, 0.1) is 6.92 Å². The average Bonchev–Trinajstić information content (AvgIpc) is 3.68. The van der Waals surface area contributed by atoms with E-state index < -0.39 is 0 Å². The minimum absolute atomic E-state index is 0.914. The first-order valence-electron chi connectivity index (χ1n) is 20.9. The van der Waals surface area contributed by atoms with Crippen LogP contribution in [0.25, 0.3) is 88.3 Å². The van der Waals surface area contributed by atoms with Gasteiger partial charge in [0, 0.05) is 33.3 Å². The molecule has 0 aliphatic carbocycles. The van der Waals surface area contributed by atoms with Crippen molar-refractivity contribution < 1.29 is 4.42 Å². The lowest BCUT2D eigenvalue weighted by Crippen LogP contribution is -2.10. The van der Waals surface area contributed by atoms with Crippen molar-refractivity contribution in [1.82, 2.24) is 0 Å². The molecule has 1 heterocycles. The molecule has 0 amide bonds. The van der Waals surface area contributed by atoms with Gasteiger partial charge in [0.15, 0.2) is 0 Å². The number of hydrogen-bond donors (Lipinski definition) is 0. The van der Waals surface area contributed by atoms with Gasteiger partial charge in [-0.05, 0) is 110 Å². The molecular formula is C59H41NO. The second-order valence-electron chi connectivity index (χ2n) is 15.7. The molecule has 2 nitrogen and oxygen atoms in total. The number of hydrogen-bond acceptors (Lipinski definition) is 2. The quantitative estimate of drug-likeness (QED) is 0.143. The number of aryl methyl sites for hydroxylation is 1. The zero-order chi connectivity index (χ0) is 40.7. The minimum atomic E-state index is 0.914. The number of nitrogens with zero attached hydrogens (tertiary/aromatic N) is 1. The lowest BCUT2D eigenvalue weighted by atomic mass is 9.89. The van der Waals surface area contributed by atoms with Crippen molar-refractivity contribution in [2.45, 2.75) is 6.92 Å². The molecule has 0 N–H and O–H groups in total. The van der Waals surface area contributed by atoms with Gasteiger partial charge >= 0.3 is 0 Å². The highest BCUT2D eigenvalue weighted by molar-refractivity contribution is 6.14. The zero-order valence-corrected chi connectivity index (χ0v) is 33.8. The lowest BCUT2D eigenvalue weighted by Gasteiger charge is -2.28. The van der Waals surface area contributed by atoms with Crippen molar-refractivity contribution in [2.75, 3.05) is 4.90 Å². The third kappa shape index (κ3) is 6.56. The van der Waals surface area contributed by atoms with E-state index in [4.69, 9.17) is 4.42 Å². The Labute approximate surface area is 356 Å². The molecule has 288 valence electrons. The summed E-state index contributed by atoms with van der Waals surface area (Å²) in [5.41, 5.74) is 16.0. The summed E-state index contributed by atoms with van der Waals surface area (Å²) >= 11 is 0. The Morgan fingerprint density at radius 3 is 1.49 bits per heavy atom. The Kier molecular flexibility index (Phi) is 9.09. The predicted octanol–water partition coefficient (Wildman–Crippen LogP) is 16.9. The van der Waals surface area contributed by atoms with Crippen LogP contribution in [0.3, 0.4) is 0 Å². The summed E-state index contributed by atoms with van der Waals surface area (Å²) in [5, 5.41) is 6.04. The Morgan fingerprint density at radius 1 is 0.328 bits per heavy atom. The molecule has 11 rings (SSSR count). The maximum Gasteiger partial charge on any atom is 0.138 e. The third-order valence-corrected chi connectivity index (χ3v) is 12.1. The van der Waals surface area contributed by atoms with Crippen molar-refractivity contribution in [1.29, 1.82) is 0 Å². The SMILES string of the molecule is Cc1c(-c2cccc(-c3ccc(N(c4ccc(-c5ccccc5-c5ccccc5-c5ccccc5)cc4)c4cc5ccccc5c5ccccc45)cc3)c2)oc2ccccc12. The molecule has 0 spiro atoms. The van der Waals surface area contributed by atoms with Gasteiger partial charge in [-0.2, -0.15) is 0 Å². The van der Waals surface area contributed by atoms with E-state index in [0.29, 0.717) is 0 Å². The number of rotatable bonds is 8. The van der Waals surface area contributed by atoms with Gasteiger partial charge in [0.25, 0.3) is 0 Å². The van der Waals surface area contributed by atoms with Crippen molar-refractivity contribution in [2.24, 2.45) is 0 Å². The van der Waals surface area contributed by atoms with E-state index in [1.807, 2.05) is 12.1 Å². The summed E-state index contributed by atoms with van der Waals surface area (Å²) in [7, 11) is 0. The molecule has 61 heavy (non-hydrogen) atoms. The van der Waals surface area contributed by atoms with E-state index in [2.05, 4.69) is 230 Å². The molecule has 0 saturated carbocycles. The number of benzene rings is 10. The fourth-order valence-electron chi connectivity index (χ4n) is 9.09. The standard InChI is InChI=1S/C59H41NO/c1-40-49-21-13-14-29-58(49)61-59(40)46-20-15-19-44(38-46)41-30-34-47(35-31-41)60(57-39-45-18-5-6-24-52(45)55-27-11-12-28-56(55)57)48-36-32-43(33-37-48)51-23-8-10-26-54(51)53-25-9-7-22-50(53)42-16-3-2-4-17-42/h2-39H,1H3. The van der Waals surface area contributed by atoms with Gasteiger partial charge in [0.05, 0.1) is 5.69 Å². The maximum atomic E-state index is 6.37. The smallest absolute Gasteiger partial charge is 0.138 e.